The zero-order valence-electron chi connectivity index (χ0n) is 6.43. The molecule has 1 fully saturated rings. The Morgan fingerprint density at radius 1 is 1.67 bits per heavy atom. The summed E-state index contributed by atoms with van der Waals surface area (Å²) in [5.41, 5.74) is 1.19. The van der Waals surface area contributed by atoms with Gasteiger partial charge >= 0.3 is 0 Å². The van der Waals surface area contributed by atoms with Crippen LogP contribution in [0.25, 0.3) is 0 Å². The first-order valence-electron chi connectivity index (χ1n) is 4.06. The van der Waals surface area contributed by atoms with Crippen LogP contribution in [0, 0.1) is 0 Å². The molecule has 0 saturated carbocycles. The largest absolute Gasteiger partial charge is 0.372 e. The van der Waals surface area contributed by atoms with Crippen LogP contribution in [0.4, 0.5) is 0 Å². The molecule has 0 spiro atoms. The van der Waals surface area contributed by atoms with Gasteiger partial charge in [-0.3, -0.25) is 0 Å². The van der Waals surface area contributed by atoms with E-state index in [1.165, 1.54) is 5.70 Å². The molecule has 2 rings (SSSR count). The van der Waals surface area contributed by atoms with Crippen molar-refractivity contribution in [2.75, 3.05) is 26.2 Å². The van der Waals surface area contributed by atoms with Gasteiger partial charge in [-0.25, -0.2) is 0 Å². The smallest absolute Gasteiger partial charge is 0.0494 e. The normalized spacial score (nSPS) is 35.6. The molecule has 0 aromatic rings. The van der Waals surface area contributed by atoms with Crippen molar-refractivity contribution in [3.63, 3.8) is 0 Å². The van der Waals surface area contributed by atoms with Crippen LogP contribution in [0.2, 0.25) is 0 Å². The number of nitrogens with one attached hydrogen (secondary N) is 1. The molecule has 2 heteroatoms. The Labute approximate surface area is 56.9 Å². The van der Waals surface area contributed by atoms with E-state index in [9.17, 15) is 0 Å². The highest BCUT2D eigenvalue weighted by atomic mass is 15.2. The zero-order chi connectivity index (χ0) is 6.97. The maximum Gasteiger partial charge on any atom is 0.0494 e. The maximum absolute atomic E-state index is 7.58. The van der Waals surface area contributed by atoms with Crippen LogP contribution in [-0.4, -0.2) is 31.1 Å². The highest BCUT2D eigenvalue weighted by Gasteiger charge is 2.16. The fourth-order valence-electron chi connectivity index (χ4n) is 1.39. The second-order valence-electron chi connectivity index (χ2n) is 2.50. The van der Waals surface area contributed by atoms with E-state index in [2.05, 4.69) is 16.3 Å². The van der Waals surface area contributed by atoms with E-state index in [0.717, 1.165) is 26.1 Å². The van der Waals surface area contributed by atoms with Crippen LogP contribution in [0.1, 0.15) is 7.79 Å². The average molecular weight is 125 g/mol. The quantitative estimate of drug-likeness (QED) is 0.497. The Morgan fingerprint density at radius 2 is 2.67 bits per heavy atom. The Bertz CT molecular complexity index is 167. The van der Waals surface area contributed by atoms with Crippen LogP contribution in [0.5, 0.6) is 0 Å². The lowest BCUT2D eigenvalue weighted by Gasteiger charge is -2.27. The fourth-order valence-corrected chi connectivity index (χ4v) is 1.39. The van der Waals surface area contributed by atoms with E-state index in [0.29, 0.717) is 0 Å². The van der Waals surface area contributed by atoms with Gasteiger partial charge < -0.3 is 10.2 Å². The van der Waals surface area contributed by atoms with Crippen LogP contribution in [-0.2, 0) is 0 Å². The molecule has 0 amide bonds. The molecular weight excluding hydrogens is 112 g/mol. The van der Waals surface area contributed by atoms with Crippen molar-refractivity contribution in [1.29, 1.82) is 0 Å². The molecule has 2 aliphatic heterocycles. The van der Waals surface area contributed by atoms with E-state index in [4.69, 9.17) is 1.37 Å². The predicted molar refractivity (Wildman–Crippen MR) is 37.1 cm³/mol. The molecule has 0 radical (unpaired) electrons. The van der Waals surface area contributed by atoms with Gasteiger partial charge in [0.15, 0.2) is 0 Å². The number of nitrogens with zero attached hydrogens (tertiary/aromatic N) is 1. The molecule has 2 heterocycles. The van der Waals surface area contributed by atoms with Gasteiger partial charge in [0.1, 0.15) is 0 Å². The minimum absolute atomic E-state index is 0.156. The molecule has 1 unspecified atom stereocenters. The second-order valence-corrected chi connectivity index (χ2v) is 2.50. The van der Waals surface area contributed by atoms with E-state index in [1.54, 1.807) is 0 Å². The third-order valence-corrected chi connectivity index (χ3v) is 1.89. The van der Waals surface area contributed by atoms with Crippen molar-refractivity contribution < 1.29 is 1.37 Å². The highest BCUT2D eigenvalue weighted by Crippen LogP contribution is 2.14. The Hall–Kier alpha value is -0.500. The van der Waals surface area contributed by atoms with Gasteiger partial charge in [0.05, 0.1) is 0 Å². The average Bonchev–Trinajstić information content (AvgIpc) is 2.36. The molecule has 0 bridgehead atoms. The van der Waals surface area contributed by atoms with Crippen molar-refractivity contribution in [3.05, 3.63) is 11.8 Å². The summed E-state index contributed by atoms with van der Waals surface area (Å²) in [6.07, 6.45) is 3.30. The van der Waals surface area contributed by atoms with Crippen molar-refractivity contribution in [2.45, 2.75) is 6.42 Å². The Balaban J connectivity index is 2.15. The standard InChI is InChI=1S/C7H12N2/c1-2-7-6-8-3-5-9(7)4-1/h2,8H,1,3-6H2/i6D. The first-order chi connectivity index (χ1) is 4.88. The van der Waals surface area contributed by atoms with Gasteiger partial charge in [-0.05, 0) is 6.42 Å². The van der Waals surface area contributed by atoms with Gasteiger partial charge in [0.2, 0.25) is 0 Å². The number of hydrogen-bond donors (Lipinski definition) is 1. The molecule has 9 heavy (non-hydrogen) atoms. The molecular formula is C7H12N2. The Morgan fingerprint density at radius 3 is 3.56 bits per heavy atom. The molecule has 0 aliphatic carbocycles. The monoisotopic (exact) mass is 125 g/mol. The topological polar surface area (TPSA) is 15.3 Å². The van der Waals surface area contributed by atoms with Gasteiger partial charge in [0.25, 0.3) is 0 Å². The molecule has 50 valence electrons. The summed E-state index contributed by atoms with van der Waals surface area (Å²) in [4.78, 5) is 2.30. The number of piperazine rings is 1. The third kappa shape index (κ3) is 0.833. The van der Waals surface area contributed by atoms with Crippen molar-refractivity contribution in [3.8, 4) is 0 Å². The minimum Gasteiger partial charge on any atom is -0.372 e. The van der Waals surface area contributed by atoms with Crippen LogP contribution >= 0.6 is 0 Å². The number of rotatable bonds is 0. The van der Waals surface area contributed by atoms with Gasteiger partial charge in [0, 0.05) is 33.2 Å². The van der Waals surface area contributed by atoms with Gasteiger partial charge in [-0.2, -0.15) is 0 Å². The predicted octanol–water partition coefficient (Wildman–Crippen LogP) is 0.179. The Kier molecular flexibility index (Phi) is 0.977. The highest BCUT2D eigenvalue weighted by molar-refractivity contribution is 5.11. The SMILES string of the molecule is [2H]C1NCCN2CCC=C12. The van der Waals surface area contributed by atoms with E-state index in [1.807, 2.05) is 0 Å². The van der Waals surface area contributed by atoms with Crippen molar-refractivity contribution in [2.24, 2.45) is 0 Å². The maximum atomic E-state index is 7.58. The molecule has 1 saturated heterocycles. The zero-order valence-corrected chi connectivity index (χ0v) is 5.43. The lowest BCUT2D eigenvalue weighted by molar-refractivity contribution is 0.329. The van der Waals surface area contributed by atoms with Crippen LogP contribution in [0.15, 0.2) is 11.8 Å². The third-order valence-electron chi connectivity index (χ3n) is 1.89. The van der Waals surface area contributed by atoms with E-state index < -0.39 is 0 Å². The summed E-state index contributed by atoms with van der Waals surface area (Å²) < 4.78 is 7.58. The van der Waals surface area contributed by atoms with Crippen molar-refractivity contribution in [1.82, 2.24) is 10.2 Å². The minimum atomic E-state index is -0.156. The van der Waals surface area contributed by atoms with Gasteiger partial charge in [-0.15, -0.1) is 0 Å². The molecule has 2 nitrogen and oxygen atoms in total. The molecule has 0 aromatic heterocycles. The fraction of sp³-hybridized carbons (Fsp3) is 0.714. The summed E-state index contributed by atoms with van der Waals surface area (Å²) in [5.74, 6) is 0. The second kappa shape index (κ2) is 2.03. The lowest BCUT2D eigenvalue weighted by atomic mass is 10.3. The summed E-state index contributed by atoms with van der Waals surface area (Å²) in [5, 5.41) is 3.11. The summed E-state index contributed by atoms with van der Waals surface area (Å²) >= 11 is 0. The molecule has 2 aliphatic rings. The van der Waals surface area contributed by atoms with E-state index in [-0.39, 0.29) is 6.52 Å². The number of fused-ring (bicyclic) bond motifs is 1. The summed E-state index contributed by atoms with van der Waals surface area (Å²) in [6.45, 7) is 3.02. The molecule has 1 N–H and O–H groups in total. The van der Waals surface area contributed by atoms with Crippen LogP contribution in [0.3, 0.4) is 0 Å². The molecule has 0 aromatic carbocycles. The molecule has 1 atom stereocenters. The summed E-state index contributed by atoms with van der Waals surface area (Å²) in [6, 6.07) is 0. The summed E-state index contributed by atoms with van der Waals surface area (Å²) in [7, 11) is 0. The van der Waals surface area contributed by atoms with Crippen molar-refractivity contribution >= 4 is 0 Å². The van der Waals surface area contributed by atoms with Gasteiger partial charge in [-0.1, -0.05) is 6.08 Å². The first kappa shape index (κ1) is 4.34. The number of hydrogen-bond acceptors (Lipinski definition) is 2. The van der Waals surface area contributed by atoms with Crippen LogP contribution < -0.4 is 5.32 Å². The lowest BCUT2D eigenvalue weighted by Crippen LogP contribution is -2.39. The first-order valence-corrected chi connectivity index (χ1v) is 3.48. The van der Waals surface area contributed by atoms with E-state index >= 15 is 0 Å².